The van der Waals surface area contributed by atoms with Crippen molar-refractivity contribution in [3.63, 3.8) is 0 Å². The smallest absolute Gasteiger partial charge is 0.330 e. The molecule has 11 N–H and O–H groups in total. The van der Waals surface area contributed by atoms with Crippen LogP contribution in [0.1, 0.15) is 26.5 Å². The highest BCUT2D eigenvalue weighted by atomic mass is 16.8. The lowest BCUT2D eigenvalue weighted by Gasteiger charge is -2.47. The van der Waals surface area contributed by atoms with Crippen molar-refractivity contribution in [2.45, 2.75) is 112 Å². The van der Waals surface area contributed by atoms with E-state index in [1.165, 1.54) is 13.0 Å². The maximum Gasteiger partial charge on any atom is 0.330 e. The first kappa shape index (κ1) is 36.7. The van der Waals surface area contributed by atoms with E-state index in [0.29, 0.717) is 0 Å². The van der Waals surface area contributed by atoms with Crippen LogP contribution >= 0.6 is 0 Å². The van der Waals surface area contributed by atoms with Gasteiger partial charge < -0.3 is 70.4 Å². The molecular formula is C27H40N4O16. The van der Waals surface area contributed by atoms with E-state index in [0.717, 1.165) is 29.8 Å². The summed E-state index contributed by atoms with van der Waals surface area (Å²) >= 11 is 0. The summed E-state index contributed by atoms with van der Waals surface area (Å²) in [4.78, 5) is 50.0. The van der Waals surface area contributed by atoms with Crippen molar-refractivity contribution in [2.75, 3.05) is 6.61 Å². The fourth-order valence-electron chi connectivity index (χ4n) is 5.71. The van der Waals surface area contributed by atoms with Crippen molar-refractivity contribution >= 4 is 11.8 Å². The van der Waals surface area contributed by atoms with Crippen LogP contribution in [0.3, 0.4) is 0 Å². The summed E-state index contributed by atoms with van der Waals surface area (Å²) in [6, 6.07) is -2.01. The Hall–Kier alpha value is -3.12. The van der Waals surface area contributed by atoms with Crippen LogP contribution in [0.4, 0.5) is 0 Å². The molecule has 0 bridgehead atoms. The molecule has 20 heteroatoms. The number of allylic oxidation sites excluding steroid dienone is 1. The molecule has 0 saturated carbocycles. The number of H-pyrrole nitrogens is 1. The van der Waals surface area contributed by atoms with Gasteiger partial charge in [-0.05, 0) is 13.0 Å². The van der Waals surface area contributed by atoms with Crippen LogP contribution in [-0.4, -0.2) is 155 Å². The van der Waals surface area contributed by atoms with Crippen molar-refractivity contribution in [2.24, 2.45) is 0 Å². The van der Waals surface area contributed by atoms with Gasteiger partial charge in [-0.3, -0.25) is 23.9 Å². The molecule has 264 valence electrons. The number of amides is 2. The van der Waals surface area contributed by atoms with Gasteiger partial charge in [0.2, 0.25) is 11.8 Å². The van der Waals surface area contributed by atoms with Crippen molar-refractivity contribution in [3.8, 4) is 0 Å². The monoisotopic (exact) mass is 676 g/mol. The van der Waals surface area contributed by atoms with Crippen LogP contribution in [-0.2, 0) is 28.5 Å². The third-order valence-corrected chi connectivity index (χ3v) is 8.10. The molecule has 20 nitrogen and oxygen atoms in total. The summed E-state index contributed by atoms with van der Waals surface area (Å²) in [7, 11) is 0. The molecule has 3 aliphatic heterocycles. The standard InChI is InChI=1S/C27H40N4O16/c1-3-4-13(35)29-16-20(40)17(37)11(44-26(16)47-25-15(28-9(2)33)19(39)18(38)12(8-32)45-25)7-10(34)23-21(41)22(42)24(46-23)31-6-5-14(36)30-27(31)43/h3-6,10-12,15-26,32,34,37-42H,7-8H2,1-2H3,(H,28,33)(H,29,35)(H,30,36,43)/b4-3+/t10-,11-,12?,15?,16-,17?,18-,19?,20?,21-,22+,23-,24-,25-,26?/m1/s1. The molecule has 0 spiro atoms. The van der Waals surface area contributed by atoms with Crippen molar-refractivity contribution in [3.05, 3.63) is 45.3 Å². The number of carbonyl (C=O) groups is 2. The Morgan fingerprint density at radius 2 is 1.53 bits per heavy atom. The van der Waals surface area contributed by atoms with Gasteiger partial charge in [0, 0.05) is 25.6 Å². The molecule has 3 aliphatic rings. The van der Waals surface area contributed by atoms with Crippen LogP contribution in [0.25, 0.3) is 0 Å². The van der Waals surface area contributed by atoms with Gasteiger partial charge in [-0.25, -0.2) is 4.79 Å². The zero-order valence-electron chi connectivity index (χ0n) is 25.2. The van der Waals surface area contributed by atoms with Gasteiger partial charge in [0.05, 0.1) is 18.8 Å². The molecule has 15 atom stereocenters. The third-order valence-electron chi connectivity index (χ3n) is 8.10. The summed E-state index contributed by atoms with van der Waals surface area (Å²) < 4.78 is 23.6. The minimum atomic E-state index is -1.85. The Kier molecular flexibility index (Phi) is 12.0. The first-order chi connectivity index (χ1) is 22.2. The van der Waals surface area contributed by atoms with Crippen LogP contribution < -0.4 is 21.9 Å². The Bertz CT molecular complexity index is 1390. The summed E-state index contributed by atoms with van der Waals surface area (Å²) in [6.07, 6.45) is -18.9. The van der Waals surface area contributed by atoms with Gasteiger partial charge >= 0.3 is 5.69 Å². The van der Waals surface area contributed by atoms with E-state index in [1.54, 1.807) is 0 Å². The molecule has 4 heterocycles. The minimum Gasteiger partial charge on any atom is -0.394 e. The van der Waals surface area contributed by atoms with Gasteiger partial charge in [-0.15, -0.1) is 0 Å². The predicted octanol–water partition coefficient (Wildman–Crippen LogP) is -6.63. The van der Waals surface area contributed by atoms with Gasteiger partial charge in [-0.1, -0.05) is 6.08 Å². The lowest BCUT2D eigenvalue weighted by atomic mass is 9.91. The molecule has 0 radical (unpaired) electrons. The van der Waals surface area contributed by atoms with Gasteiger partial charge in [0.25, 0.3) is 5.56 Å². The predicted molar refractivity (Wildman–Crippen MR) is 152 cm³/mol. The number of hydrogen-bond donors (Lipinski definition) is 11. The average molecular weight is 677 g/mol. The molecule has 3 fully saturated rings. The highest BCUT2D eigenvalue weighted by Gasteiger charge is 2.53. The summed E-state index contributed by atoms with van der Waals surface area (Å²) in [5.41, 5.74) is -1.69. The fourth-order valence-corrected chi connectivity index (χ4v) is 5.71. The highest BCUT2D eigenvalue weighted by molar-refractivity contribution is 5.87. The van der Waals surface area contributed by atoms with E-state index in [-0.39, 0.29) is 0 Å². The van der Waals surface area contributed by atoms with Gasteiger partial charge in [-0.2, -0.15) is 0 Å². The molecule has 1 aromatic heterocycles. The first-order valence-electron chi connectivity index (χ1n) is 14.7. The van der Waals surface area contributed by atoms with E-state index in [2.05, 4.69) is 10.6 Å². The quantitative estimate of drug-likeness (QED) is 0.103. The molecule has 3 saturated heterocycles. The van der Waals surface area contributed by atoms with Crippen molar-refractivity contribution in [1.82, 2.24) is 20.2 Å². The number of ether oxygens (including phenoxy) is 4. The Balaban J connectivity index is 1.57. The van der Waals surface area contributed by atoms with Crippen LogP contribution in [0, 0.1) is 0 Å². The number of aliphatic hydroxyl groups is 8. The van der Waals surface area contributed by atoms with E-state index < -0.39 is 128 Å². The number of aliphatic hydroxyl groups excluding tert-OH is 8. The Morgan fingerprint density at radius 3 is 2.11 bits per heavy atom. The summed E-state index contributed by atoms with van der Waals surface area (Å²) in [5.74, 6) is -1.41. The normalized spacial score (nSPS) is 39.9. The second-order valence-corrected chi connectivity index (χ2v) is 11.4. The van der Waals surface area contributed by atoms with E-state index in [4.69, 9.17) is 18.9 Å². The summed E-state index contributed by atoms with van der Waals surface area (Å²) in [6.45, 7) is 1.87. The van der Waals surface area contributed by atoms with Crippen molar-refractivity contribution < 1.29 is 69.4 Å². The second kappa shape index (κ2) is 15.4. The number of nitrogens with zero attached hydrogens (tertiary/aromatic N) is 1. The van der Waals surface area contributed by atoms with Crippen LogP contribution in [0.5, 0.6) is 0 Å². The van der Waals surface area contributed by atoms with Gasteiger partial charge in [0.1, 0.15) is 60.9 Å². The second-order valence-electron chi connectivity index (χ2n) is 11.4. The molecule has 0 aliphatic carbocycles. The SMILES string of the molecule is C/C=C/C(=O)N[C@H]1C(O[C@H]2OC(CO)[C@@H](O)C(O)C2NC(C)=O)O[C@H](C[C@@H](O)[C@H]2O[C@@H](n3ccc(=O)[nH]c3=O)[C@@H](O)[C@H]2O)C(O)C1O. The average Bonchev–Trinajstić information content (AvgIpc) is 3.30. The van der Waals surface area contributed by atoms with Crippen molar-refractivity contribution in [1.29, 1.82) is 0 Å². The Morgan fingerprint density at radius 1 is 0.936 bits per heavy atom. The number of aromatic amines is 1. The molecule has 2 amide bonds. The molecular weight excluding hydrogens is 636 g/mol. The summed E-state index contributed by atoms with van der Waals surface area (Å²) in [5, 5.41) is 89.7. The van der Waals surface area contributed by atoms with Gasteiger partial charge in [0.15, 0.2) is 18.8 Å². The van der Waals surface area contributed by atoms with Crippen LogP contribution in [0.2, 0.25) is 0 Å². The molecule has 4 rings (SSSR count). The lowest BCUT2D eigenvalue weighted by Crippen LogP contribution is -2.68. The number of nitrogens with one attached hydrogen (secondary N) is 3. The Labute approximate surface area is 265 Å². The molecule has 1 aromatic rings. The maximum atomic E-state index is 12.4. The minimum absolute atomic E-state index is 0.601. The third kappa shape index (κ3) is 7.96. The molecule has 6 unspecified atom stereocenters. The number of hydrogen-bond acceptors (Lipinski definition) is 16. The highest BCUT2D eigenvalue weighted by Crippen LogP contribution is 2.34. The van der Waals surface area contributed by atoms with Crippen LogP contribution in [0.15, 0.2) is 34.0 Å². The largest absolute Gasteiger partial charge is 0.394 e. The fraction of sp³-hybridized carbons (Fsp3) is 0.704. The first-order valence-corrected chi connectivity index (χ1v) is 14.7. The van der Waals surface area contributed by atoms with E-state index in [9.17, 15) is 60.0 Å². The topological polar surface area (TPSA) is 312 Å². The lowest BCUT2D eigenvalue weighted by molar-refractivity contribution is -0.346. The zero-order chi connectivity index (χ0) is 34.7. The number of aromatic nitrogens is 2. The van der Waals surface area contributed by atoms with E-state index >= 15 is 0 Å². The maximum absolute atomic E-state index is 12.4. The molecule has 47 heavy (non-hydrogen) atoms. The number of rotatable bonds is 10. The molecule has 0 aromatic carbocycles. The van der Waals surface area contributed by atoms with E-state index in [1.807, 2.05) is 4.98 Å². The zero-order valence-corrected chi connectivity index (χ0v) is 25.2. The number of carbonyl (C=O) groups excluding carboxylic acids is 2.